The summed E-state index contributed by atoms with van der Waals surface area (Å²) in [4.78, 5) is 0. The molecule has 0 aliphatic rings. The van der Waals surface area contributed by atoms with Crippen LogP contribution in [0.15, 0.2) is 22.7 Å². The summed E-state index contributed by atoms with van der Waals surface area (Å²) >= 11 is 9.38. The van der Waals surface area contributed by atoms with Crippen molar-refractivity contribution >= 4 is 33.2 Å². The predicted octanol–water partition coefficient (Wildman–Crippen LogP) is 2.54. The van der Waals surface area contributed by atoms with E-state index in [1.54, 1.807) is 13.2 Å². The maximum absolute atomic E-state index is 9.69. The van der Waals surface area contributed by atoms with Crippen LogP contribution in [0.3, 0.4) is 0 Å². The number of aliphatic hydroxyl groups is 1. The molecule has 1 atom stereocenters. The van der Waals surface area contributed by atoms with Crippen LogP contribution in [0, 0.1) is 0 Å². The second-order valence-electron chi connectivity index (χ2n) is 3.73. The first-order valence-corrected chi connectivity index (χ1v) is 6.74. The summed E-state index contributed by atoms with van der Waals surface area (Å²) in [6, 6.07) is 5.51. The SMILES string of the molecule is COCCOCC(O)CNc1cc(Br)ccc1Cl. The lowest BCUT2D eigenvalue weighted by Gasteiger charge is -2.14. The lowest BCUT2D eigenvalue weighted by Crippen LogP contribution is -2.25. The number of hydrogen-bond donors (Lipinski definition) is 2. The van der Waals surface area contributed by atoms with Crippen LogP contribution in [-0.2, 0) is 9.47 Å². The molecule has 0 amide bonds. The summed E-state index contributed by atoms with van der Waals surface area (Å²) in [5, 5.41) is 13.4. The van der Waals surface area contributed by atoms with Gasteiger partial charge in [0.25, 0.3) is 0 Å². The Kier molecular flexibility index (Phi) is 7.62. The van der Waals surface area contributed by atoms with Gasteiger partial charge in [-0.2, -0.15) is 0 Å². The Balaban J connectivity index is 2.29. The Morgan fingerprint density at radius 2 is 2.22 bits per heavy atom. The highest BCUT2D eigenvalue weighted by Crippen LogP contribution is 2.25. The summed E-state index contributed by atoms with van der Waals surface area (Å²) in [7, 11) is 1.61. The highest BCUT2D eigenvalue weighted by molar-refractivity contribution is 9.10. The second kappa shape index (κ2) is 8.72. The Labute approximate surface area is 120 Å². The van der Waals surface area contributed by atoms with Crippen molar-refractivity contribution in [2.45, 2.75) is 6.10 Å². The number of aliphatic hydroxyl groups excluding tert-OH is 1. The first-order chi connectivity index (χ1) is 8.63. The molecule has 0 aromatic heterocycles. The van der Waals surface area contributed by atoms with Crippen molar-refractivity contribution in [1.82, 2.24) is 0 Å². The average Bonchev–Trinajstić information content (AvgIpc) is 2.36. The summed E-state index contributed by atoms with van der Waals surface area (Å²) in [5.74, 6) is 0. The van der Waals surface area contributed by atoms with Gasteiger partial charge in [-0.15, -0.1) is 0 Å². The van der Waals surface area contributed by atoms with E-state index in [-0.39, 0.29) is 6.61 Å². The Morgan fingerprint density at radius 1 is 1.44 bits per heavy atom. The molecule has 2 N–H and O–H groups in total. The normalized spacial score (nSPS) is 12.4. The largest absolute Gasteiger partial charge is 0.389 e. The van der Waals surface area contributed by atoms with E-state index in [1.165, 1.54) is 0 Å². The minimum Gasteiger partial charge on any atom is -0.389 e. The lowest BCUT2D eigenvalue weighted by atomic mass is 10.3. The molecule has 0 heterocycles. The number of anilines is 1. The Hall–Kier alpha value is -0.330. The van der Waals surface area contributed by atoms with Gasteiger partial charge in [0, 0.05) is 18.1 Å². The maximum Gasteiger partial charge on any atom is 0.0945 e. The molecule has 0 aliphatic carbocycles. The van der Waals surface area contributed by atoms with Crippen molar-refractivity contribution in [1.29, 1.82) is 0 Å². The quantitative estimate of drug-likeness (QED) is 0.715. The van der Waals surface area contributed by atoms with E-state index in [0.29, 0.717) is 24.8 Å². The third-order valence-electron chi connectivity index (χ3n) is 2.20. The van der Waals surface area contributed by atoms with Crippen LogP contribution < -0.4 is 5.32 Å². The van der Waals surface area contributed by atoms with E-state index >= 15 is 0 Å². The molecule has 6 heteroatoms. The monoisotopic (exact) mass is 337 g/mol. The van der Waals surface area contributed by atoms with Crippen molar-refractivity contribution < 1.29 is 14.6 Å². The van der Waals surface area contributed by atoms with Gasteiger partial charge in [-0.3, -0.25) is 0 Å². The van der Waals surface area contributed by atoms with Gasteiger partial charge in [0.2, 0.25) is 0 Å². The summed E-state index contributed by atoms with van der Waals surface area (Å²) in [6.45, 7) is 1.65. The summed E-state index contributed by atoms with van der Waals surface area (Å²) < 4.78 is 11.0. The van der Waals surface area contributed by atoms with Gasteiger partial charge >= 0.3 is 0 Å². The van der Waals surface area contributed by atoms with Gasteiger partial charge in [0.15, 0.2) is 0 Å². The van der Waals surface area contributed by atoms with Gasteiger partial charge in [-0.25, -0.2) is 0 Å². The molecular formula is C12H17BrClNO3. The number of ether oxygens (including phenoxy) is 2. The molecular weight excluding hydrogens is 321 g/mol. The fraction of sp³-hybridized carbons (Fsp3) is 0.500. The number of benzene rings is 1. The molecule has 102 valence electrons. The van der Waals surface area contributed by atoms with Crippen molar-refractivity contribution in [3.8, 4) is 0 Å². The van der Waals surface area contributed by atoms with Crippen molar-refractivity contribution in [2.75, 3.05) is 38.8 Å². The van der Waals surface area contributed by atoms with Gasteiger partial charge in [-0.1, -0.05) is 27.5 Å². The minimum atomic E-state index is -0.586. The third kappa shape index (κ3) is 6.02. The third-order valence-corrected chi connectivity index (χ3v) is 3.02. The molecule has 4 nitrogen and oxygen atoms in total. The van der Waals surface area contributed by atoms with Crippen LogP contribution in [0.1, 0.15) is 0 Å². The predicted molar refractivity (Wildman–Crippen MR) is 76.3 cm³/mol. The van der Waals surface area contributed by atoms with Crippen molar-refractivity contribution in [3.63, 3.8) is 0 Å². The van der Waals surface area contributed by atoms with Crippen LogP contribution >= 0.6 is 27.5 Å². The standard InChI is InChI=1S/C12H17BrClNO3/c1-17-4-5-18-8-10(16)7-15-12-6-9(13)2-3-11(12)14/h2-3,6,10,15-16H,4-5,7-8H2,1H3. The van der Waals surface area contributed by atoms with Crippen LogP contribution in [0.25, 0.3) is 0 Å². The highest BCUT2D eigenvalue weighted by Gasteiger charge is 2.06. The lowest BCUT2D eigenvalue weighted by molar-refractivity contribution is 0.0182. The fourth-order valence-corrected chi connectivity index (χ4v) is 1.83. The molecule has 0 bridgehead atoms. The molecule has 0 aliphatic heterocycles. The smallest absolute Gasteiger partial charge is 0.0945 e. The van der Waals surface area contributed by atoms with Gasteiger partial charge in [0.1, 0.15) is 0 Å². The zero-order chi connectivity index (χ0) is 13.4. The zero-order valence-electron chi connectivity index (χ0n) is 10.2. The van der Waals surface area contributed by atoms with E-state index in [0.717, 1.165) is 10.2 Å². The van der Waals surface area contributed by atoms with Crippen LogP contribution in [0.2, 0.25) is 5.02 Å². The van der Waals surface area contributed by atoms with E-state index in [9.17, 15) is 5.11 Å². The average molecular weight is 339 g/mol. The number of hydrogen-bond acceptors (Lipinski definition) is 4. The number of rotatable bonds is 8. The van der Waals surface area contributed by atoms with Crippen LogP contribution in [0.5, 0.6) is 0 Å². The van der Waals surface area contributed by atoms with Crippen molar-refractivity contribution in [3.05, 3.63) is 27.7 Å². The molecule has 0 spiro atoms. The first kappa shape index (κ1) is 15.7. The second-order valence-corrected chi connectivity index (χ2v) is 5.05. The number of nitrogens with one attached hydrogen (secondary N) is 1. The highest BCUT2D eigenvalue weighted by atomic mass is 79.9. The zero-order valence-corrected chi connectivity index (χ0v) is 12.5. The van der Waals surface area contributed by atoms with E-state index in [1.807, 2.05) is 12.1 Å². The summed E-state index contributed by atoms with van der Waals surface area (Å²) in [6.07, 6.45) is -0.586. The molecule has 1 unspecified atom stereocenters. The van der Waals surface area contributed by atoms with E-state index in [4.69, 9.17) is 21.1 Å². The molecule has 1 aromatic carbocycles. The Bertz CT molecular complexity index is 365. The molecule has 0 saturated carbocycles. The molecule has 0 fully saturated rings. The number of halogens is 2. The van der Waals surface area contributed by atoms with Gasteiger partial charge in [-0.05, 0) is 18.2 Å². The fourth-order valence-electron chi connectivity index (χ4n) is 1.28. The summed E-state index contributed by atoms with van der Waals surface area (Å²) in [5.41, 5.74) is 0.780. The molecule has 1 rings (SSSR count). The maximum atomic E-state index is 9.69. The topological polar surface area (TPSA) is 50.7 Å². The molecule has 0 radical (unpaired) electrons. The first-order valence-electron chi connectivity index (χ1n) is 5.57. The molecule has 1 aromatic rings. The molecule has 18 heavy (non-hydrogen) atoms. The minimum absolute atomic E-state index is 0.266. The Morgan fingerprint density at radius 3 is 2.94 bits per heavy atom. The van der Waals surface area contributed by atoms with E-state index in [2.05, 4.69) is 21.2 Å². The van der Waals surface area contributed by atoms with E-state index < -0.39 is 6.10 Å². The van der Waals surface area contributed by atoms with Crippen molar-refractivity contribution in [2.24, 2.45) is 0 Å². The van der Waals surface area contributed by atoms with Gasteiger partial charge in [0.05, 0.1) is 36.6 Å². The van der Waals surface area contributed by atoms with Crippen LogP contribution in [0.4, 0.5) is 5.69 Å². The number of methoxy groups -OCH3 is 1. The van der Waals surface area contributed by atoms with Gasteiger partial charge < -0.3 is 19.9 Å². The molecule has 0 saturated heterocycles. The van der Waals surface area contributed by atoms with Crippen LogP contribution in [-0.4, -0.2) is 44.7 Å².